The van der Waals surface area contributed by atoms with Gasteiger partial charge in [0.05, 0.1) is 21.3 Å². The minimum absolute atomic E-state index is 0.128. The second kappa shape index (κ2) is 8.77. The minimum Gasteiger partial charge on any atom is -0.493 e. The standard InChI is InChI=1S/C18H23N3O4/c1-5-7-20-18(22)12-6-8-19-16(9-12)21-13-10-14(23-2)17(25-4)15(11-13)24-3/h6,8-11H,5,7H2,1-4H3,(H,19,21)(H,20,22). The van der Waals surface area contributed by atoms with Crippen LogP contribution in [0, 0.1) is 0 Å². The molecular formula is C18H23N3O4. The third-order valence-corrected chi connectivity index (χ3v) is 3.49. The molecule has 0 aliphatic carbocycles. The Labute approximate surface area is 147 Å². The summed E-state index contributed by atoms with van der Waals surface area (Å²) in [6.45, 7) is 2.64. The smallest absolute Gasteiger partial charge is 0.251 e. The monoisotopic (exact) mass is 345 g/mol. The number of hydrogen-bond donors (Lipinski definition) is 2. The van der Waals surface area contributed by atoms with Crippen molar-refractivity contribution in [2.45, 2.75) is 13.3 Å². The minimum atomic E-state index is -0.128. The lowest BCUT2D eigenvalue weighted by atomic mass is 10.2. The lowest BCUT2D eigenvalue weighted by molar-refractivity contribution is 0.0953. The lowest BCUT2D eigenvalue weighted by Crippen LogP contribution is -2.24. The van der Waals surface area contributed by atoms with E-state index < -0.39 is 0 Å². The topological polar surface area (TPSA) is 81.7 Å². The summed E-state index contributed by atoms with van der Waals surface area (Å²) in [6, 6.07) is 6.90. The number of carbonyl (C=O) groups excluding carboxylic acids is 1. The van der Waals surface area contributed by atoms with E-state index in [2.05, 4.69) is 15.6 Å². The van der Waals surface area contributed by atoms with E-state index in [9.17, 15) is 4.79 Å². The van der Waals surface area contributed by atoms with E-state index in [1.807, 2.05) is 6.92 Å². The summed E-state index contributed by atoms with van der Waals surface area (Å²) in [6.07, 6.45) is 2.47. The third-order valence-electron chi connectivity index (χ3n) is 3.49. The Morgan fingerprint density at radius 2 is 1.76 bits per heavy atom. The maximum absolute atomic E-state index is 12.1. The number of benzene rings is 1. The molecule has 0 aliphatic heterocycles. The van der Waals surface area contributed by atoms with Crippen LogP contribution in [-0.2, 0) is 0 Å². The van der Waals surface area contributed by atoms with Gasteiger partial charge in [0.15, 0.2) is 11.5 Å². The SMILES string of the molecule is CCCNC(=O)c1ccnc(Nc2cc(OC)c(OC)c(OC)c2)c1. The van der Waals surface area contributed by atoms with E-state index in [4.69, 9.17) is 14.2 Å². The van der Waals surface area contributed by atoms with Crippen LogP contribution in [0.25, 0.3) is 0 Å². The Hall–Kier alpha value is -2.96. The van der Waals surface area contributed by atoms with Gasteiger partial charge in [-0.3, -0.25) is 4.79 Å². The maximum atomic E-state index is 12.1. The predicted molar refractivity (Wildman–Crippen MR) is 96.2 cm³/mol. The highest BCUT2D eigenvalue weighted by molar-refractivity contribution is 5.94. The fourth-order valence-corrected chi connectivity index (χ4v) is 2.28. The van der Waals surface area contributed by atoms with Crippen LogP contribution < -0.4 is 24.8 Å². The normalized spacial score (nSPS) is 10.1. The van der Waals surface area contributed by atoms with Crippen LogP contribution in [0.5, 0.6) is 17.2 Å². The quantitative estimate of drug-likeness (QED) is 0.765. The molecule has 0 fully saturated rings. The summed E-state index contributed by atoms with van der Waals surface area (Å²) in [7, 11) is 4.66. The van der Waals surface area contributed by atoms with Gasteiger partial charge in [-0.1, -0.05) is 6.92 Å². The van der Waals surface area contributed by atoms with Crippen molar-refractivity contribution in [3.05, 3.63) is 36.0 Å². The van der Waals surface area contributed by atoms with Crippen LogP contribution in [0.4, 0.5) is 11.5 Å². The van der Waals surface area contributed by atoms with Crippen LogP contribution in [0.1, 0.15) is 23.7 Å². The summed E-state index contributed by atoms with van der Waals surface area (Å²) in [4.78, 5) is 16.3. The van der Waals surface area contributed by atoms with Gasteiger partial charge < -0.3 is 24.8 Å². The van der Waals surface area contributed by atoms with Gasteiger partial charge in [0.1, 0.15) is 5.82 Å². The highest BCUT2D eigenvalue weighted by Crippen LogP contribution is 2.40. The first-order chi connectivity index (χ1) is 12.1. The van der Waals surface area contributed by atoms with Gasteiger partial charge in [0.25, 0.3) is 5.91 Å². The van der Waals surface area contributed by atoms with Crippen LogP contribution in [0.15, 0.2) is 30.5 Å². The molecule has 2 N–H and O–H groups in total. The average Bonchev–Trinajstić information content (AvgIpc) is 2.65. The molecule has 0 saturated heterocycles. The molecule has 7 heteroatoms. The molecule has 0 radical (unpaired) electrons. The largest absolute Gasteiger partial charge is 0.493 e. The Bertz CT molecular complexity index is 709. The number of amides is 1. The number of carbonyl (C=O) groups is 1. The number of anilines is 2. The zero-order valence-corrected chi connectivity index (χ0v) is 14.9. The van der Waals surface area contributed by atoms with Crippen molar-refractivity contribution in [2.24, 2.45) is 0 Å². The van der Waals surface area contributed by atoms with E-state index in [1.54, 1.807) is 51.8 Å². The number of nitrogens with one attached hydrogen (secondary N) is 2. The van der Waals surface area contributed by atoms with Gasteiger partial charge in [-0.15, -0.1) is 0 Å². The Kier molecular flexibility index (Phi) is 6.45. The van der Waals surface area contributed by atoms with Crippen molar-refractivity contribution in [3.63, 3.8) is 0 Å². The van der Waals surface area contributed by atoms with Crippen LogP contribution in [-0.4, -0.2) is 38.8 Å². The van der Waals surface area contributed by atoms with Gasteiger partial charge in [-0.05, 0) is 18.6 Å². The Balaban J connectivity index is 2.26. The second-order valence-corrected chi connectivity index (χ2v) is 5.22. The number of hydrogen-bond acceptors (Lipinski definition) is 6. The highest BCUT2D eigenvalue weighted by atomic mass is 16.5. The average molecular weight is 345 g/mol. The van der Waals surface area contributed by atoms with Gasteiger partial charge in [-0.2, -0.15) is 0 Å². The molecule has 2 aromatic rings. The van der Waals surface area contributed by atoms with E-state index in [1.165, 1.54) is 0 Å². The van der Waals surface area contributed by atoms with Gasteiger partial charge >= 0.3 is 0 Å². The zero-order valence-electron chi connectivity index (χ0n) is 14.9. The highest BCUT2D eigenvalue weighted by Gasteiger charge is 2.14. The molecule has 0 saturated carbocycles. The summed E-state index contributed by atoms with van der Waals surface area (Å²) >= 11 is 0. The molecule has 0 aliphatic rings. The molecule has 1 amide bonds. The Morgan fingerprint density at radius 1 is 1.08 bits per heavy atom. The van der Waals surface area contributed by atoms with Crippen molar-refractivity contribution in [3.8, 4) is 17.2 Å². The van der Waals surface area contributed by atoms with Crippen LogP contribution in [0.3, 0.4) is 0 Å². The first-order valence-electron chi connectivity index (χ1n) is 7.94. The fraction of sp³-hybridized carbons (Fsp3) is 0.333. The first kappa shape index (κ1) is 18.4. The van der Waals surface area contributed by atoms with E-state index in [0.29, 0.717) is 40.9 Å². The summed E-state index contributed by atoms with van der Waals surface area (Å²) in [5.41, 5.74) is 1.24. The number of methoxy groups -OCH3 is 3. The summed E-state index contributed by atoms with van der Waals surface area (Å²) in [5, 5.41) is 5.99. The van der Waals surface area contributed by atoms with Crippen molar-refractivity contribution < 1.29 is 19.0 Å². The molecule has 1 heterocycles. The van der Waals surface area contributed by atoms with Crippen molar-refractivity contribution >= 4 is 17.4 Å². The van der Waals surface area contributed by atoms with E-state index in [-0.39, 0.29) is 5.91 Å². The number of pyridine rings is 1. The van der Waals surface area contributed by atoms with E-state index >= 15 is 0 Å². The van der Waals surface area contributed by atoms with Gasteiger partial charge in [-0.25, -0.2) is 4.98 Å². The molecule has 0 bridgehead atoms. The van der Waals surface area contributed by atoms with Crippen molar-refractivity contribution in [2.75, 3.05) is 33.2 Å². The Morgan fingerprint density at radius 3 is 2.32 bits per heavy atom. The van der Waals surface area contributed by atoms with Crippen LogP contribution in [0.2, 0.25) is 0 Å². The summed E-state index contributed by atoms with van der Waals surface area (Å²) in [5.74, 6) is 1.98. The molecule has 1 aromatic carbocycles. The molecular weight excluding hydrogens is 322 g/mol. The molecule has 2 rings (SSSR count). The third kappa shape index (κ3) is 4.53. The molecule has 1 aromatic heterocycles. The lowest BCUT2D eigenvalue weighted by Gasteiger charge is -2.15. The number of rotatable bonds is 8. The zero-order chi connectivity index (χ0) is 18.2. The molecule has 134 valence electrons. The first-order valence-corrected chi connectivity index (χ1v) is 7.94. The number of nitrogens with zero attached hydrogens (tertiary/aromatic N) is 1. The maximum Gasteiger partial charge on any atom is 0.251 e. The molecule has 0 unspecified atom stereocenters. The van der Waals surface area contributed by atoms with Gasteiger partial charge in [0.2, 0.25) is 5.75 Å². The van der Waals surface area contributed by atoms with E-state index in [0.717, 1.165) is 6.42 Å². The van der Waals surface area contributed by atoms with Gasteiger partial charge in [0, 0.05) is 36.1 Å². The number of ether oxygens (including phenoxy) is 3. The predicted octanol–water partition coefficient (Wildman–Crippen LogP) is 2.99. The number of aromatic nitrogens is 1. The van der Waals surface area contributed by atoms with Crippen molar-refractivity contribution in [1.82, 2.24) is 10.3 Å². The molecule has 0 spiro atoms. The van der Waals surface area contributed by atoms with Crippen molar-refractivity contribution in [1.29, 1.82) is 0 Å². The molecule has 25 heavy (non-hydrogen) atoms. The fourth-order valence-electron chi connectivity index (χ4n) is 2.28. The molecule has 7 nitrogen and oxygen atoms in total. The second-order valence-electron chi connectivity index (χ2n) is 5.22. The summed E-state index contributed by atoms with van der Waals surface area (Å²) < 4.78 is 16.0. The molecule has 0 atom stereocenters. The van der Waals surface area contributed by atoms with Crippen LogP contribution >= 0.6 is 0 Å².